The maximum absolute atomic E-state index is 13.4. The van der Waals surface area contributed by atoms with E-state index in [1.54, 1.807) is 37.3 Å². The van der Waals surface area contributed by atoms with E-state index >= 15 is 0 Å². The quantitative estimate of drug-likeness (QED) is 0.689. The molecule has 1 atom stereocenters. The molecule has 1 unspecified atom stereocenters. The molecule has 7 nitrogen and oxygen atoms in total. The summed E-state index contributed by atoms with van der Waals surface area (Å²) in [7, 11) is 0. The number of anilines is 1. The van der Waals surface area contributed by atoms with Crippen molar-refractivity contribution >= 4 is 28.3 Å². The number of fused-ring (bicyclic) bond motifs is 1. The first-order valence-corrected chi connectivity index (χ1v) is 9.21. The van der Waals surface area contributed by atoms with Crippen LogP contribution >= 0.6 is 0 Å². The summed E-state index contributed by atoms with van der Waals surface area (Å²) in [4.78, 5) is 39.0. The second-order valence-electron chi connectivity index (χ2n) is 6.90. The van der Waals surface area contributed by atoms with Gasteiger partial charge in [0.1, 0.15) is 5.82 Å². The average Bonchev–Trinajstić information content (AvgIpc) is 2.70. The van der Waals surface area contributed by atoms with Gasteiger partial charge in [-0.2, -0.15) is 5.10 Å². The Morgan fingerprint density at radius 3 is 2.72 bits per heavy atom. The van der Waals surface area contributed by atoms with Crippen molar-refractivity contribution in [1.29, 1.82) is 0 Å². The Morgan fingerprint density at radius 2 is 1.97 bits per heavy atom. The largest absolute Gasteiger partial charge is 0.447 e. The standard InChI is InChI=1S/C21H18FN3O4/c1-12-11-13(22)8-9-16(12)25-10-4-7-17(20(25)27)29-21(28)18-14-5-2-3-6-15(14)19(26)24-23-18/h2-3,5-6,8-9,11,17H,4,7,10H2,1H3,(H,24,26). The van der Waals surface area contributed by atoms with Crippen molar-refractivity contribution in [1.82, 2.24) is 10.2 Å². The monoisotopic (exact) mass is 395 g/mol. The van der Waals surface area contributed by atoms with Crippen LogP contribution in [0, 0.1) is 12.7 Å². The number of aryl methyl sites for hydroxylation is 1. The van der Waals surface area contributed by atoms with Crippen molar-refractivity contribution in [2.75, 3.05) is 11.4 Å². The fraction of sp³-hybridized carbons (Fsp3) is 0.238. The SMILES string of the molecule is Cc1cc(F)ccc1N1CCCC(OC(=O)c2n[nH]c(=O)c3ccccc23)C1=O. The molecule has 0 aliphatic carbocycles. The number of hydrogen-bond acceptors (Lipinski definition) is 5. The Morgan fingerprint density at radius 1 is 1.21 bits per heavy atom. The molecule has 148 valence electrons. The Kier molecular flexibility index (Phi) is 4.84. The Balaban J connectivity index is 1.60. The van der Waals surface area contributed by atoms with Gasteiger partial charge < -0.3 is 9.64 Å². The summed E-state index contributed by atoms with van der Waals surface area (Å²) in [6, 6.07) is 10.7. The van der Waals surface area contributed by atoms with Crippen molar-refractivity contribution in [3.8, 4) is 0 Å². The number of carbonyl (C=O) groups excluding carboxylic acids is 2. The number of amides is 1. The molecule has 2 heterocycles. The molecule has 4 rings (SSSR count). The topological polar surface area (TPSA) is 92.4 Å². The van der Waals surface area contributed by atoms with Gasteiger partial charge in [0.2, 0.25) is 0 Å². The Hall–Kier alpha value is -3.55. The number of hydrogen-bond donors (Lipinski definition) is 1. The molecular formula is C21H18FN3O4. The van der Waals surface area contributed by atoms with Gasteiger partial charge in [-0.15, -0.1) is 0 Å². The van der Waals surface area contributed by atoms with E-state index in [2.05, 4.69) is 10.2 Å². The zero-order valence-electron chi connectivity index (χ0n) is 15.6. The first-order chi connectivity index (χ1) is 14.0. The molecule has 8 heteroatoms. The maximum atomic E-state index is 13.4. The third-order valence-electron chi connectivity index (χ3n) is 4.98. The molecule has 0 radical (unpaired) electrons. The number of H-pyrrole nitrogens is 1. The third kappa shape index (κ3) is 3.49. The van der Waals surface area contributed by atoms with Crippen LogP contribution in [-0.4, -0.2) is 34.7 Å². The summed E-state index contributed by atoms with van der Waals surface area (Å²) < 4.78 is 18.9. The maximum Gasteiger partial charge on any atom is 0.360 e. The van der Waals surface area contributed by atoms with Crippen molar-refractivity contribution in [2.24, 2.45) is 0 Å². The van der Waals surface area contributed by atoms with Gasteiger partial charge in [0, 0.05) is 17.6 Å². The average molecular weight is 395 g/mol. The predicted molar refractivity (Wildman–Crippen MR) is 104 cm³/mol. The van der Waals surface area contributed by atoms with Crippen molar-refractivity contribution in [3.05, 3.63) is 69.9 Å². The molecule has 0 spiro atoms. The van der Waals surface area contributed by atoms with Crippen LogP contribution in [0.4, 0.5) is 10.1 Å². The summed E-state index contributed by atoms with van der Waals surface area (Å²) in [5.41, 5.74) is 0.746. The van der Waals surface area contributed by atoms with E-state index in [4.69, 9.17) is 4.74 Å². The summed E-state index contributed by atoms with van der Waals surface area (Å²) >= 11 is 0. The third-order valence-corrected chi connectivity index (χ3v) is 4.98. The summed E-state index contributed by atoms with van der Waals surface area (Å²) in [6.45, 7) is 2.18. The van der Waals surface area contributed by atoms with Gasteiger partial charge >= 0.3 is 5.97 Å². The van der Waals surface area contributed by atoms with Crippen molar-refractivity contribution in [3.63, 3.8) is 0 Å². The lowest BCUT2D eigenvalue weighted by Crippen LogP contribution is -2.46. The van der Waals surface area contributed by atoms with Crippen molar-refractivity contribution in [2.45, 2.75) is 25.9 Å². The fourth-order valence-electron chi connectivity index (χ4n) is 3.57. The number of halogens is 1. The summed E-state index contributed by atoms with van der Waals surface area (Å²) in [5, 5.41) is 6.77. The van der Waals surface area contributed by atoms with Crippen molar-refractivity contribution < 1.29 is 18.7 Å². The van der Waals surface area contributed by atoms with E-state index in [1.807, 2.05) is 0 Å². The van der Waals surface area contributed by atoms with Crippen LogP contribution in [0.3, 0.4) is 0 Å². The number of nitrogens with one attached hydrogen (secondary N) is 1. The minimum atomic E-state index is -0.979. The Labute approximate surface area is 165 Å². The highest BCUT2D eigenvalue weighted by molar-refractivity contribution is 6.04. The molecular weight excluding hydrogens is 377 g/mol. The smallest absolute Gasteiger partial charge is 0.360 e. The molecule has 3 aromatic rings. The van der Waals surface area contributed by atoms with E-state index in [1.165, 1.54) is 17.0 Å². The van der Waals surface area contributed by atoms with Crippen LogP contribution in [-0.2, 0) is 9.53 Å². The van der Waals surface area contributed by atoms with Crippen LogP contribution in [0.15, 0.2) is 47.3 Å². The van der Waals surface area contributed by atoms with E-state index in [0.717, 1.165) is 0 Å². The van der Waals surface area contributed by atoms with Crippen LogP contribution in [0.5, 0.6) is 0 Å². The zero-order valence-corrected chi connectivity index (χ0v) is 15.6. The van der Waals surface area contributed by atoms with Crippen LogP contribution in [0.2, 0.25) is 0 Å². The second-order valence-corrected chi connectivity index (χ2v) is 6.90. The highest BCUT2D eigenvalue weighted by Crippen LogP contribution is 2.27. The molecule has 29 heavy (non-hydrogen) atoms. The van der Waals surface area contributed by atoms with Gasteiger partial charge in [-0.25, -0.2) is 14.3 Å². The molecule has 0 bridgehead atoms. The van der Waals surface area contributed by atoms with Gasteiger partial charge in [0.15, 0.2) is 11.8 Å². The minimum Gasteiger partial charge on any atom is -0.447 e. The molecule has 1 N–H and O–H groups in total. The number of benzene rings is 2. The molecule has 1 aliphatic rings. The number of carbonyl (C=O) groups is 2. The highest BCUT2D eigenvalue weighted by Gasteiger charge is 2.34. The molecule has 1 aromatic heterocycles. The zero-order chi connectivity index (χ0) is 20.5. The number of rotatable bonds is 3. The van der Waals surface area contributed by atoms with Gasteiger partial charge in [0.25, 0.3) is 11.5 Å². The number of aromatic nitrogens is 2. The lowest BCUT2D eigenvalue weighted by Gasteiger charge is -2.32. The second kappa shape index (κ2) is 7.46. The van der Waals surface area contributed by atoms with Gasteiger partial charge in [-0.05, 0) is 49.6 Å². The van der Waals surface area contributed by atoms with Gasteiger partial charge in [-0.1, -0.05) is 18.2 Å². The minimum absolute atomic E-state index is 0.0527. The normalized spacial score (nSPS) is 16.8. The number of nitrogens with zero attached hydrogens (tertiary/aromatic N) is 2. The molecule has 1 amide bonds. The number of ether oxygens (including phenoxy) is 1. The molecule has 2 aromatic carbocycles. The molecule has 1 fully saturated rings. The predicted octanol–water partition coefficient (Wildman–Crippen LogP) is 2.72. The molecule has 1 aliphatic heterocycles. The fourth-order valence-corrected chi connectivity index (χ4v) is 3.57. The summed E-state index contributed by atoms with van der Waals surface area (Å²) in [5.74, 6) is -1.53. The first-order valence-electron chi connectivity index (χ1n) is 9.21. The number of aromatic amines is 1. The molecule has 0 saturated carbocycles. The summed E-state index contributed by atoms with van der Waals surface area (Å²) in [6.07, 6.45) is 0.0244. The van der Waals surface area contributed by atoms with E-state index in [-0.39, 0.29) is 17.4 Å². The lowest BCUT2D eigenvalue weighted by molar-refractivity contribution is -0.129. The van der Waals surface area contributed by atoms with Crippen LogP contribution in [0.1, 0.15) is 28.9 Å². The van der Waals surface area contributed by atoms with E-state index in [9.17, 15) is 18.8 Å². The van der Waals surface area contributed by atoms with Crippen LogP contribution < -0.4 is 10.5 Å². The first kappa shape index (κ1) is 18.8. The van der Waals surface area contributed by atoms with E-state index < -0.39 is 17.6 Å². The number of piperidine rings is 1. The Bertz CT molecular complexity index is 1170. The number of esters is 1. The molecule has 1 saturated heterocycles. The lowest BCUT2D eigenvalue weighted by atomic mass is 10.0. The van der Waals surface area contributed by atoms with E-state index in [0.29, 0.717) is 41.4 Å². The van der Waals surface area contributed by atoms with Crippen LogP contribution in [0.25, 0.3) is 10.8 Å². The highest BCUT2D eigenvalue weighted by atomic mass is 19.1. The van der Waals surface area contributed by atoms with Gasteiger partial charge in [-0.3, -0.25) is 9.59 Å². The van der Waals surface area contributed by atoms with Gasteiger partial charge in [0.05, 0.1) is 5.39 Å².